The van der Waals surface area contributed by atoms with E-state index in [4.69, 9.17) is 5.73 Å². The third-order valence-electron chi connectivity index (χ3n) is 3.14. The Hall–Kier alpha value is -1.40. The van der Waals surface area contributed by atoms with E-state index in [1.807, 2.05) is 24.3 Å². The summed E-state index contributed by atoms with van der Waals surface area (Å²) in [6.07, 6.45) is 1.56. The van der Waals surface area contributed by atoms with Crippen molar-refractivity contribution < 1.29 is 9.00 Å². The van der Waals surface area contributed by atoms with Crippen molar-refractivity contribution in [3.05, 3.63) is 29.8 Å². The molecule has 1 saturated heterocycles. The highest BCUT2D eigenvalue weighted by atomic mass is 32.2. The van der Waals surface area contributed by atoms with E-state index in [0.29, 0.717) is 18.1 Å². The Morgan fingerprint density at radius 1 is 1.37 bits per heavy atom. The number of hydrogen-bond acceptors (Lipinski definition) is 3. The molecule has 0 spiro atoms. The zero-order valence-electron chi connectivity index (χ0n) is 10.7. The first-order valence-corrected chi connectivity index (χ1v) is 7.87. The molecule has 1 aliphatic rings. The molecule has 4 N–H and O–H groups in total. The molecule has 104 valence electrons. The highest BCUT2D eigenvalue weighted by Gasteiger charge is 2.19. The number of anilines is 1. The fourth-order valence-corrected chi connectivity index (χ4v) is 3.37. The van der Waals surface area contributed by atoms with Crippen LogP contribution in [0.15, 0.2) is 24.3 Å². The van der Waals surface area contributed by atoms with Gasteiger partial charge in [-0.2, -0.15) is 0 Å². The Balaban J connectivity index is 1.85. The van der Waals surface area contributed by atoms with Gasteiger partial charge in [-0.05, 0) is 30.5 Å². The molecular weight excluding hydrogens is 262 g/mol. The Morgan fingerprint density at radius 3 is 2.79 bits per heavy atom. The number of urea groups is 1. The summed E-state index contributed by atoms with van der Waals surface area (Å²) >= 11 is 0. The van der Waals surface area contributed by atoms with Crippen LogP contribution in [0, 0.1) is 0 Å². The summed E-state index contributed by atoms with van der Waals surface area (Å²) in [5.41, 5.74) is 7.27. The maximum absolute atomic E-state index is 11.8. The van der Waals surface area contributed by atoms with Crippen molar-refractivity contribution in [2.24, 2.45) is 5.73 Å². The Kier molecular flexibility index (Phi) is 4.93. The van der Waals surface area contributed by atoms with Crippen LogP contribution in [0.5, 0.6) is 0 Å². The van der Waals surface area contributed by atoms with E-state index in [9.17, 15) is 9.00 Å². The number of hydrogen-bond donors (Lipinski definition) is 3. The number of rotatable bonds is 3. The lowest BCUT2D eigenvalue weighted by molar-refractivity contribution is 0.247. The van der Waals surface area contributed by atoms with Crippen molar-refractivity contribution in [3.8, 4) is 0 Å². The quantitative estimate of drug-likeness (QED) is 0.778. The first kappa shape index (κ1) is 14.0. The van der Waals surface area contributed by atoms with Gasteiger partial charge in [0.2, 0.25) is 0 Å². The molecule has 0 bridgehead atoms. The maximum Gasteiger partial charge on any atom is 0.319 e. The standard InChI is InChI=1S/C13H19N3O2S/c14-9-10-2-1-3-12(8-10)16-13(17)15-11-4-6-19(18)7-5-11/h1-3,8,11H,4-7,9,14H2,(H2,15,16,17). The number of carbonyl (C=O) groups excluding carboxylic acids is 1. The molecule has 2 rings (SSSR count). The van der Waals surface area contributed by atoms with E-state index < -0.39 is 10.8 Å². The summed E-state index contributed by atoms with van der Waals surface area (Å²) < 4.78 is 11.2. The van der Waals surface area contributed by atoms with Crippen LogP contribution in [0.2, 0.25) is 0 Å². The van der Waals surface area contributed by atoms with Crippen LogP contribution in [0.25, 0.3) is 0 Å². The van der Waals surface area contributed by atoms with Gasteiger partial charge in [-0.3, -0.25) is 4.21 Å². The van der Waals surface area contributed by atoms with Gasteiger partial charge in [0.1, 0.15) is 0 Å². The van der Waals surface area contributed by atoms with Gasteiger partial charge in [-0.15, -0.1) is 0 Å². The van der Waals surface area contributed by atoms with E-state index >= 15 is 0 Å². The van der Waals surface area contributed by atoms with Crippen LogP contribution in [0.3, 0.4) is 0 Å². The van der Waals surface area contributed by atoms with E-state index in [-0.39, 0.29) is 12.1 Å². The normalized spacial score (nSPS) is 22.8. The molecule has 1 aromatic carbocycles. The van der Waals surface area contributed by atoms with Crippen molar-refractivity contribution in [1.82, 2.24) is 5.32 Å². The van der Waals surface area contributed by atoms with Crippen molar-refractivity contribution in [3.63, 3.8) is 0 Å². The lowest BCUT2D eigenvalue weighted by Gasteiger charge is -2.22. The number of carbonyl (C=O) groups is 1. The molecule has 1 aromatic rings. The van der Waals surface area contributed by atoms with Gasteiger partial charge in [0.05, 0.1) is 0 Å². The molecule has 5 nitrogen and oxygen atoms in total. The van der Waals surface area contributed by atoms with Gasteiger partial charge in [0, 0.05) is 40.6 Å². The summed E-state index contributed by atoms with van der Waals surface area (Å²) in [5, 5.41) is 5.70. The fraction of sp³-hybridized carbons (Fsp3) is 0.462. The highest BCUT2D eigenvalue weighted by Crippen LogP contribution is 2.12. The monoisotopic (exact) mass is 281 g/mol. The van der Waals surface area contributed by atoms with Crippen LogP contribution >= 0.6 is 0 Å². The van der Waals surface area contributed by atoms with Crippen molar-refractivity contribution >= 4 is 22.5 Å². The predicted octanol–water partition coefficient (Wildman–Crippen LogP) is 1.18. The third-order valence-corrected chi connectivity index (χ3v) is 4.53. The molecule has 0 aromatic heterocycles. The van der Waals surface area contributed by atoms with Crippen LogP contribution in [0.1, 0.15) is 18.4 Å². The Labute approximate surface area is 115 Å². The molecule has 0 saturated carbocycles. The van der Waals surface area contributed by atoms with Crippen LogP contribution in [-0.4, -0.2) is 27.8 Å². The molecule has 1 heterocycles. The van der Waals surface area contributed by atoms with Gasteiger partial charge in [0.25, 0.3) is 0 Å². The van der Waals surface area contributed by atoms with E-state index in [2.05, 4.69) is 10.6 Å². The van der Waals surface area contributed by atoms with Crippen LogP contribution < -0.4 is 16.4 Å². The van der Waals surface area contributed by atoms with E-state index in [1.54, 1.807) is 0 Å². The van der Waals surface area contributed by atoms with E-state index in [1.165, 1.54) is 0 Å². The van der Waals surface area contributed by atoms with Gasteiger partial charge in [-0.25, -0.2) is 4.79 Å². The van der Waals surface area contributed by atoms with Crippen molar-refractivity contribution in [2.75, 3.05) is 16.8 Å². The summed E-state index contributed by atoms with van der Waals surface area (Å²) in [5.74, 6) is 1.35. The molecule has 1 fully saturated rings. The van der Waals surface area contributed by atoms with Crippen LogP contribution in [-0.2, 0) is 17.3 Å². The second kappa shape index (κ2) is 6.68. The van der Waals surface area contributed by atoms with Gasteiger partial charge in [-0.1, -0.05) is 12.1 Å². The van der Waals surface area contributed by atoms with Gasteiger partial charge in [0.15, 0.2) is 0 Å². The average molecular weight is 281 g/mol. The average Bonchev–Trinajstić information content (AvgIpc) is 2.41. The fourth-order valence-electron chi connectivity index (χ4n) is 2.07. The molecule has 19 heavy (non-hydrogen) atoms. The minimum atomic E-state index is -0.704. The molecule has 0 aliphatic carbocycles. The SMILES string of the molecule is NCc1cccc(NC(=O)NC2CCS(=O)CC2)c1. The smallest absolute Gasteiger partial charge is 0.319 e. The Bertz CT molecular complexity index is 469. The molecule has 6 heteroatoms. The zero-order chi connectivity index (χ0) is 13.7. The minimum absolute atomic E-state index is 0.121. The molecular formula is C13H19N3O2S. The first-order chi connectivity index (χ1) is 9.17. The second-order valence-electron chi connectivity index (χ2n) is 4.63. The summed E-state index contributed by atoms with van der Waals surface area (Å²) in [6.45, 7) is 0.450. The number of nitrogens with two attached hydrogens (primary N) is 1. The first-order valence-electron chi connectivity index (χ1n) is 6.39. The minimum Gasteiger partial charge on any atom is -0.335 e. The molecule has 1 aliphatic heterocycles. The van der Waals surface area contributed by atoms with Crippen LogP contribution in [0.4, 0.5) is 10.5 Å². The largest absolute Gasteiger partial charge is 0.335 e. The lowest BCUT2D eigenvalue weighted by atomic mass is 10.1. The summed E-state index contributed by atoms with van der Waals surface area (Å²) in [6, 6.07) is 7.37. The molecule has 0 radical (unpaired) electrons. The summed E-state index contributed by atoms with van der Waals surface area (Å²) in [4.78, 5) is 11.8. The van der Waals surface area contributed by atoms with E-state index in [0.717, 1.165) is 24.1 Å². The summed E-state index contributed by atoms with van der Waals surface area (Å²) in [7, 11) is -0.704. The van der Waals surface area contributed by atoms with Gasteiger partial charge < -0.3 is 16.4 Å². The molecule has 2 amide bonds. The van der Waals surface area contributed by atoms with Gasteiger partial charge >= 0.3 is 6.03 Å². The maximum atomic E-state index is 11.8. The topological polar surface area (TPSA) is 84.2 Å². The lowest BCUT2D eigenvalue weighted by Crippen LogP contribution is -2.41. The predicted molar refractivity (Wildman–Crippen MR) is 77.4 cm³/mol. The number of benzene rings is 1. The van der Waals surface area contributed by atoms with Crippen molar-refractivity contribution in [2.45, 2.75) is 25.4 Å². The van der Waals surface area contributed by atoms with Crippen molar-refractivity contribution in [1.29, 1.82) is 0 Å². The highest BCUT2D eigenvalue weighted by molar-refractivity contribution is 7.85. The molecule has 0 atom stereocenters. The number of nitrogens with one attached hydrogen (secondary N) is 2. The number of amides is 2. The zero-order valence-corrected chi connectivity index (χ0v) is 11.5. The Morgan fingerprint density at radius 2 is 2.11 bits per heavy atom. The molecule has 0 unspecified atom stereocenters. The third kappa shape index (κ3) is 4.33. The second-order valence-corrected chi connectivity index (χ2v) is 6.32.